The summed E-state index contributed by atoms with van der Waals surface area (Å²) in [4.78, 5) is 28.4. The Kier molecular flexibility index (Phi) is 6.10. The van der Waals surface area contributed by atoms with E-state index < -0.39 is 12.1 Å². The highest BCUT2D eigenvalue weighted by Gasteiger charge is 2.30. The lowest BCUT2D eigenvalue weighted by Gasteiger charge is -2.17. The average molecular weight is 479 g/mol. The summed E-state index contributed by atoms with van der Waals surface area (Å²) in [6, 6.07) is 6.85. The van der Waals surface area contributed by atoms with Gasteiger partial charge in [-0.15, -0.1) is 0 Å². The van der Waals surface area contributed by atoms with Gasteiger partial charge in [0.2, 0.25) is 5.91 Å². The maximum atomic E-state index is 14.2. The minimum atomic E-state index is -0.897. The van der Waals surface area contributed by atoms with Crippen LogP contribution < -0.4 is 21.1 Å². The Bertz CT molecular complexity index is 1270. The van der Waals surface area contributed by atoms with Crippen molar-refractivity contribution in [3.8, 4) is 16.9 Å². The Labute approximate surface area is 201 Å². The Morgan fingerprint density at radius 2 is 2.00 bits per heavy atom. The minimum absolute atomic E-state index is 0.0126. The summed E-state index contributed by atoms with van der Waals surface area (Å²) in [7, 11) is 1.55. The van der Waals surface area contributed by atoms with Crippen LogP contribution in [0.4, 0.5) is 21.6 Å². The SMILES string of the molecule is COc1c(Nc2cc(NC(=O)C3CC3)ncc2C(N)=O)cccc1-c1cnn(C2CCC[C@H]2F)c1. The molecular formula is C25H27FN6O3. The Morgan fingerprint density at radius 3 is 2.69 bits per heavy atom. The van der Waals surface area contributed by atoms with Gasteiger partial charge in [0.25, 0.3) is 5.91 Å². The van der Waals surface area contributed by atoms with Crippen molar-refractivity contribution in [2.45, 2.75) is 44.3 Å². The van der Waals surface area contributed by atoms with Crippen LogP contribution >= 0.6 is 0 Å². The van der Waals surface area contributed by atoms with Crippen molar-refractivity contribution in [3.05, 3.63) is 48.4 Å². The van der Waals surface area contributed by atoms with Gasteiger partial charge in [0.1, 0.15) is 17.7 Å². The maximum Gasteiger partial charge on any atom is 0.252 e. The summed E-state index contributed by atoms with van der Waals surface area (Å²) < 4.78 is 21.6. The lowest BCUT2D eigenvalue weighted by atomic mass is 10.1. The summed E-state index contributed by atoms with van der Waals surface area (Å²) in [5.41, 5.74) is 8.24. The van der Waals surface area contributed by atoms with Crippen molar-refractivity contribution in [1.29, 1.82) is 0 Å². The zero-order chi connectivity index (χ0) is 24.5. The van der Waals surface area contributed by atoms with Gasteiger partial charge in [0.05, 0.1) is 36.3 Å². The number of nitrogens with zero attached hydrogens (tertiary/aromatic N) is 3. The number of anilines is 3. The smallest absolute Gasteiger partial charge is 0.252 e. The third-order valence-corrected chi connectivity index (χ3v) is 6.51. The number of halogens is 1. The van der Waals surface area contributed by atoms with E-state index >= 15 is 0 Å². The first-order chi connectivity index (χ1) is 16.9. The van der Waals surface area contributed by atoms with E-state index in [-0.39, 0.29) is 23.4 Å². The molecule has 35 heavy (non-hydrogen) atoms. The average Bonchev–Trinajstić information content (AvgIpc) is 3.44. The van der Waals surface area contributed by atoms with E-state index in [1.54, 1.807) is 30.1 Å². The van der Waals surface area contributed by atoms with Gasteiger partial charge >= 0.3 is 0 Å². The van der Waals surface area contributed by atoms with Gasteiger partial charge in [-0.1, -0.05) is 12.1 Å². The number of primary amides is 1. The molecule has 10 heteroatoms. The number of ether oxygens (including phenoxy) is 1. The number of alkyl halides is 1. The fourth-order valence-electron chi connectivity index (χ4n) is 4.48. The van der Waals surface area contributed by atoms with Gasteiger partial charge < -0.3 is 21.1 Å². The third-order valence-electron chi connectivity index (χ3n) is 6.51. The molecule has 5 rings (SSSR count). The van der Waals surface area contributed by atoms with Crippen LogP contribution in [0.15, 0.2) is 42.9 Å². The molecule has 2 atom stereocenters. The highest BCUT2D eigenvalue weighted by molar-refractivity contribution is 6.01. The van der Waals surface area contributed by atoms with Crippen molar-refractivity contribution >= 4 is 29.0 Å². The standard InChI is InChI=1S/C25H27FN6O3/c1-35-23-16(15-11-29-32(13-15)21-7-3-5-18(21)26)4-2-6-19(23)30-20-10-22(28-12-17(20)24(27)33)31-25(34)14-8-9-14/h2,4,6,10-14,18,21H,3,5,7-9H2,1H3,(H2,27,33)(H2,28,30,31,34)/t18-,21?/m1/s1. The monoisotopic (exact) mass is 478 g/mol. The Balaban J connectivity index is 1.46. The number of nitrogens with two attached hydrogens (primary N) is 1. The van der Waals surface area contributed by atoms with Crippen LogP contribution in [0, 0.1) is 5.92 Å². The molecule has 9 nitrogen and oxygen atoms in total. The van der Waals surface area contributed by atoms with E-state index in [1.807, 2.05) is 18.3 Å². The summed E-state index contributed by atoms with van der Waals surface area (Å²) in [5, 5.41) is 10.4. The fourth-order valence-corrected chi connectivity index (χ4v) is 4.48. The van der Waals surface area contributed by atoms with Crippen molar-refractivity contribution < 1.29 is 18.7 Å². The van der Waals surface area contributed by atoms with Crippen molar-refractivity contribution in [2.75, 3.05) is 17.7 Å². The number of methoxy groups -OCH3 is 1. The molecule has 4 N–H and O–H groups in total. The number of para-hydroxylation sites is 1. The molecule has 0 aliphatic heterocycles. The van der Waals surface area contributed by atoms with E-state index in [0.717, 1.165) is 36.8 Å². The summed E-state index contributed by atoms with van der Waals surface area (Å²) in [5.74, 6) is 0.103. The highest BCUT2D eigenvalue weighted by Crippen LogP contribution is 2.40. The molecule has 182 valence electrons. The Hall–Kier alpha value is -3.95. The minimum Gasteiger partial charge on any atom is -0.494 e. The van der Waals surface area contributed by atoms with Crippen LogP contribution in [0.25, 0.3) is 11.1 Å². The number of benzene rings is 1. The van der Waals surface area contributed by atoms with Crippen LogP contribution in [0.1, 0.15) is 48.5 Å². The molecule has 2 amide bonds. The predicted molar refractivity (Wildman–Crippen MR) is 129 cm³/mol. The van der Waals surface area contributed by atoms with Crippen molar-refractivity contribution in [3.63, 3.8) is 0 Å². The van der Waals surface area contributed by atoms with E-state index in [4.69, 9.17) is 10.5 Å². The molecule has 2 aliphatic carbocycles. The maximum absolute atomic E-state index is 14.2. The number of rotatable bonds is 8. The largest absolute Gasteiger partial charge is 0.494 e. The molecule has 2 aliphatic rings. The quantitative estimate of drug-likeness (QED) is 0.446. The lowest BCUT2D eigenvalue weighted by molar-refractivity contribution is -0.117. The predicted octanol–water partition coefficient (Wildman–Crippen LogP) is 4.21. The first kappa shape index (κ1) is 22.8. The number of amides is 2. The molecule has 0 bridgehead atoms. The van der Waals surface area contributed by atoms with Crippen LogP contribution in [0.3, 0.4) is 0 Å². The first-order valence-corrected chi connectivity index (χ1v) is 11.7. The van der Waals surface area contributed by atoms with Gasteiger partial charge in [-0.2, -0.15) is 5.10 Å². The molecule has 0 saturated heterocycles. The van der Waals surface area contributed by atoms with Gasteiger partial charge in [0.15, 0.2) is 0 Å². The van der Waals surface area contributed by atoms with E-state index in [1.165, 1.54) is 6.20 Å². The van der Waals surface area contributed by atoms with Crippen LogP contribution in [0.5, 0.6) is 5.75 Å². The zero-order valence-corrected chi connectivity index (χ0v) is 19.3. The molecule has 2 fully saturated rings. The topological polar surface area (TPSA) is 124 Å². The summed E-state index contributed by atoms with van der Waals surface area (Å²) in [6.07, 6.45) is 7.86. The number of aromatic nitrogens is 3. The van der Waals surface area contributed by atoms with Gasteiger partial charge in [-0.3, -0.25) is 14.3 Å². The van der Waals surface area contributed by atoms with Crippen molar-refractivity contribution in [2.24, 2.45) is 11.7 Å². The number of carbonyl (C=O) groups excluding carboxylic acids is 2. The van der Waals surface area contributed by atoms with Gasteiger partial charge in [-0.05, 0) is 38.2 Å². The fraction of sp³-hybridized carbons (Fsp3) is 0.360. The molecule has 2 aromatic heterocycles. The second kappa shape index (κ2) is 9.36. The normalized spacial score (nSPS) is 19.4. The van der Waals surface area contributed by atoms with Crippen LogP contribution in [0.2, 0.25) is 0 Å². The molecule has 1 aromatic carbocycles. The molecule has 3 aromatic rings. The summed E-state index contributed by atoms with van der Waals surface area (Å²) in [6.45, 7) is 0. The summed E-state index contributed by atoms with van der Waals surface area (Å²) >= 11 is 0. The van der Waals surface area contributed by atoms with Crippen molar-refractivity contribution in [1.82, 2.24) is 14.8 Å². The van der Waals surface area contributed by atoms with Crippen LogP contribution in [-0.2, 0) is 4.79 Å². The molecular weight excluding hydrogens is 451 g/mol. The van der Waals surface area contributed by atoms with E-state index in [2.05, 4.69) is 20.7 Å². The molecule has 0 radical (unpaired) electrons. The second-order valence-electron chi connectivity index (χ2n) is 8.98. The second-order valence-corrected chi connectivity index (χ2v) is 8.98. The first-order valence-electron chi connectivity index (χ1n) is 11.7. The molecule has 0 spiro atoms. The van der Waals surface area contributed by atoms with Gasteiger partial charge in [0, 0.05) is 35.5 Å². The zero-order valence-electron chi connectivity index (χ0n) is 19.3. The lowest BCUT2D eigenvalue weighted by Crippen LogP contribution is -2.17. The molecule has 1 unspecified atom stereocenters. The van der Waals surface area contributed by atoms with E-state index in [0.29, 0.717) is 29.4 Å². The Morgan fingerprint density at radius 1 is 1.17 bits per heavy atom. The van der Waals surface area contributed by atoms with Gasteiger partial charge in [-0.25, -0.2) is 9.37 Å². The molecule has 2 saturated carbocycles. The number of carbonyl (C=O) groups is 2. The third kappa shape index (κ3) is 4.68. The van der Waals surface area contributed by atoms with E-state index in [9.17, 15) is 14.0 Å². The molecule has 2 heterocycles. The number of pyridine rings is 1. The van der Waals surface area contributed by atoms with Crippen LogP contribution in [-0.4, -0.2) is 39.9 Å². The highest BCUT2D eigenvalue weighted by atomic mass is 19.1. The number of nitrogens with one attached hydrogen (secondary N) is 2. The number of hydrogen-bond donors (Lipinski definition) is 3. The number of hydrogen-bond acceptors (Lipinski definition) is 6.